The number of fused-ring (bicyclic) bond motifs is 1. The maximum absolute atomic E-state index is 6.11. The first-order valence-corrected chi connectivity index (χ1v) is 9.04. The van der Waals surface area contributed by atoms with Crippen molar-refractivity contribution < 1.29 is 4.74 Å². The number of hydrogen-bond donors (Lipinski definition) is 0. The van der Waals surface area contributed by atoms with Gasteiger partial charge in [0.2, 0.25) is 0 Å². The van der Waals surface area contributed by atoms with E-state index in [-0.39, 0.29) is 6.04 Å². The lowest BCUT2D eigenvalue weighted by Crippen LogP contribution is -2.38. The van der Waals surface area contributed by atoms with Crippen molar-refractivity contribution in [2.75, 3.05) is 13.2 Å². The van der Waals surface area contributed by atoms with Crippen LogP contribution in [0, 0.1) is 0 Å². The Balaban J connectivity index is 1.50. The monoisotopic (exact) mass is 351 g/mol. The molecule has 2 aromatic heterocycles. The summed E-state index contributed by atoms with van der Waals surface area (Å²) in [6.45, 7) is 3.14. The van der Waals surface area contributed by atoms with Crippen LogP contribution in [0.2, 0.25) is 0 Å². The van der Waals surface area contributed by atoms with Crippen molar-refractivity contribution in [2.45, 2.75) is 25.6 Å². The van der Waals surface area contributed by atoms with Gasteiger partial charge in [0, 0.05) is 45.4 Å². The summed E-state index contributed by atoms with van der Waals surface area (Å²) in [5, 5.41) is 4.30. The molecule has 3 heterocycles. The Morgan fingerprint density at radius 2 is 2.00 bits per heavy atom. The van der Waals surface area contributed by atoms with Gasteiger partial charge in [-0.1, -0.05) is 30.3 Å². The number of rotatable bonds is 6. The first-order chi connectivity index (χ1) is 12.7. The molecule has 0 aliphatic carbocycles. The van der Waals surface area contributed by atoms with Gasteiger partial charge in [-0.05, 0) is 5.56 Å². The standard InChI is InChI=1S/C20H25N5O/c1-23-15-21-18-8-9-25(12-17-10-22-24(2)11-17)19(20(18)23)14-26-13-16-6-4-3-5-7-16/h3-7,10-11,15,19H,8-9,12-14H2,1-2H3/t19-/m0/s1. The minimum absolute atomic E-state index is 0.204. The van der Waals surface area contributed by atoms with Gasteiger partial charge in [0.15, 0.2) is 0 Å². The Morgan fingerprint density at radius 3 is 2.77 bits per heavy atom. The van der Waals surface area contributed by atoms with Crippen molar-refractivity contribution in [2.24, 2.45) is 14.1 Å². The van der Waals surface area contributed by atoms with Crippen molar-refractivity contribution in [3.63, 3.8) is 0 Å². The van der Waals surface area contributed by atoms with E-state index < -0.39 is 0 Å². The van der Waals surface area contributed by atoms with E-state index in [4.69, 9.17) is 4.74 Å². The minimum atomic E-state index is 0.204. The summed E-state index contributed by atoms with van der Waals surface area (Å²) in [5.41, 5.74) is 4.90. The molecule has 0 spiro atoms. The molecule has 26 heavy (non-hydrogen) atoms. The molecule has 6 heteroatoms. The Morgan fingerprint density at radius 1 is 1.15 bits per heavy atom. The zero-order valence-corrected chi connectivity index (χ0v) is 15.4. The third-order valence-corrected chi connectivity index (χ3v) is 4.99. The van der Waals surface area contributed by atoms with Crippen LogP contribution in [0.4, 0.5) is 0 Å². The molecule has 1 aromatic carbocycles. The fourth-order valence-corrected chi connectivity index (χ4v) is 3.71. The van der Waals surface area contributed by atoms with Crippen LogP contribution in [0.1, 0.15) is 28.6 Å². The zero-order valence-electron chi connectivity index (χ0n) is 15.4. The molecule has 0 amide bonds. The van der Waals surface area contributed by atoms with Crippen molar-refractivity contribution in [1.29, 1.82) is 0 Å². The van der Waals surface area contributed by atoms with E-state index in [1.165, 1.54) is 22.5 Å². The first-order valence-electron chi connectivity index (χ1n) is 9.04. The van der Waals surface area contributed by atoms with Gasteiger partial charge < -0.3 is 9.30 Å². The molecule has 0 saturated carbocycles. The van der Waals surface area contributed by atoms with Gasteiger partial charge in [0.1, 0.15) is 0 Å². The summed E-state index contributed by atoms with van der Waals surface area (Å²) in [4.78, 5) is 7.06. The van der Waals surface area contributed by atoms with Crippen LogP contribution in [-0.2, 0) is 38.4 Å². The summed E-state index contributed by atoms with van der Waals surface area (Å²) in [5.74, 6) is 0. The fraction of sp³-hybridized carbons (Fsp3) is 0.400. The van der Waals surface area contributed by atoms with Crippen LogP contribution in [0.15, 0.2) is 49.1 Å². The first kappa shape index (κ1) is 17.0. The third kappa shape index (κ3) is 3.57. The highest BCUT2D eigenvalue weighted by Gasteiger charge is 2.31. The molecule has 1 aliphatic heterocycles. The molecule has 0 bridgehead atoms. The fourth-order valence-electron chi connectivity index (χ4n) is 3.71. The van der Waals surface area contributed by atoms with Crippen molar-refractivity contribution in [3.8, 4) is 0 Å². The van der Waals surface area contributed by atoms with E-state index in [0.29, 0.717) is 13.2 Å². The molecule has 0 radical (unpaired) electrons. The van der Waals surface area contributed by atoms with Crippen molar-refractivity contribution >= 4 is 0 Å². The largest absolute Gasteiger partial charge is 0.375 e. The number of benzene rings is 1. The van der Waals surface area contributed by atoms with E-state index in [2.05, 4.69) is 44.9 Å². The predicted molar refractivity (Wildman–Crippen MR) is 99.4 cm³/mol. The lowest BCUT2D eigenvalue weighted by molar-refractivity contribution is 0.0378. The molecule has 4 rings (SSSR count). The van der Waals surface area contributed by atoms with Crippen LogP contribution in [0.3, 0.4) is 0 Å². The predicted octanol–water partition coefficient (Wildman–Crippen LogP) is 2.47. The van der Waals surface area contributed by atoms with E-state index in [0.717, 1.165) is 19.5 Å². The summed E-state index contributed by atoms with van der Waals surface area (Å²) in [6, 6.07) is 10.5. The molecule has 3 aromatic rings. The molecule has 6 nitrogen and oxygen atoms in total. The van der Waals surface area contributed by atoms with Gasteiger partial charge in [0.05, 0.1) is 43.2 Å². The van der Waals surface area contributed by atoms with E-state index in [1.54, 1.807) is 0 Å². The molecule has 0 N–H and O–H groups in total. The SMILES string of the molecule is Cn1cc(CN2CCc3ncn(C)c3[C@@H]2COCc2ccccc2)cn1. The number of imidazole rings is 1. The summed E-state index contributed by atoms with van der Waals surface area (Å²) in [7, 11) is 4.03. The van der Waals surface area contributed by atoms with Crippen LogP contribution >= 0.6 is 0 Å². The van der Waals surface area contributed by atoms with Crippen molar-refractivity contribution in [1.82, 2.24) is 24.2 Å². The molecule has 136 valence electrons. The maximum atomic E-state index is 6.11. The molecule has 1 atom stereocenters. The number of aryl methyl sites for hydroxylation is 2. The zero-order chi connectivity index (χ0) is 17.9. The van der Waals surface area contributed by atoms with E-state index in [1.807, 2.05) is 42.5 Å². The quantitative estimate of drug-likeness (QED) is 0.684. The van der Waals surface area contributed by atoms with Gasteiger partial charge in [0.25, 0.3) is 0 Å². The van der Waals surface area contributed by atoms with Gasteiger partial charge in [-0.15, -0.1) is 0 Å². The Hall–Kier alpha value is -2.44. The third-order valence-electron chi connectivity index (χ3n) is 4.99. The maximum Gasteiger partial charge on any atom is 0.0949 e. The number of ether oxygens (including phenoxy) is 1. The second kappa shape index (κ2) is 7.43. The average molecular weight is 351 g/mol. The number of nitrogens with zero attached hydrogens (tertiary/aromatic N) is 5. The van der Waals surface area contributed by atoms with Gasteiger partial charge >= 0.3 is 0 Å². The Labute approximate surface area is 154 Å². The molecular formula is C20H25N5O. The smallest absolute Gasteiger partial charge is 0.0949 e. The molecule has 1 aliphatic rings. The van der Waals surface area contributed by atoms with Crippen LogP contribution < -0.4 is 0 Å². The van der Waals surface area contributed by atoms with Crippen molar-refractivity contribution in [3.05, 3.63) is 71.6 Å². The Bertz CT molecular complexity index is 854. The van der Waals surface area contributed by atoms with E-state index >= 15 is 0 Å². The highest BCUT2D eigenvalue weighted by molar-refractivity contribution is 5.22. The van der Waals surface area contributed by atoms with Crippen LogP contribution in [-0.4, -0.2) is 37.4 Å². The number of hydrogen-bond acceptors (Lipinski definition) is 4. The minimum Gasteiger partial charge on any atom is -0.375 e. The van der Waals surface area contributed by atoms with Gasteiger partial charge in [-0.2, -0.15) is 5.10 Å². The topological polar surface area (TPSA) is 48.1 Å². The summed E-state index contributed by atoms with van der Waals surface area (Å²) < 4.78 is 10.1. The summed E-state index contributed by atoms with van der Waals surface area (Å²) >= 11 is 0. The van der Waals surface area contributed by atoms with Gasteiger partial charge in [-0.3, -0.25) is 9.58 Å². The lowest BCUT2D eigenvalue weighted by Gasteiger charge is -2.35. The molecule has 0 unspecified atom stereocenters. The normalized spacial score (nSPS) is 17.4. The second-order valence-electron chi connectivity index (χ2n) is 6.95. The number of aromatic nitrogens is 4. The summed E-state index contributed by atoms with van der Waals surface area (Å²) in [6.07, 6.45) is 6.93. The molecular weight excluding hydrogens is 326 g/mol. The highest BCUT2D eigenvalue weighted by Crippen LogP contribution is 2.30. The molecule has 0 saturated heterocycles. The van der Waals surface area contributed by atoms with Crippen LogP contribution in [0.25, 0.3) is 0 Å². The Kier molecular flexibility index (Phi) is 4.86. The average Bonchev–Trinajstić information content (AvgIpc) is 3.23. The van der Waals surface area contributed by atoms with E-state index in [9.17, 15) is 0 Å². The highest BCUT2D eigenvalue weighted by atomic mass is 16.5. The molecule has 0 fully saturated rings. The second-order valence-corrected chi connectivity index (χ2v) is 6.95. The van der Waals surface area contributed by atoms with Crippen LogP contribution in [0.5, 0.6) is 0 Å². The lowest BCUT2D eigenvalue weighted by atomic mass is 10.0. The van der Waals surface area contributed by atoms with Gasteiger partial charge in [-0.25, -0.2) is 4.98 Å².